The van der Waals surface area contributed by atoms with Crippen molar-refractivity contribution in [3.8, 4) is 6.07 Å². The second-order valence-electron chi connectivity index (χ2n) is 2.06. The third-order valence-electron chi connectivity index (χ3n) is 1.25. The lowest BCUT2D eigenvalue weighted by molar-refractivity contribution is -0.129. The summed E-state index contributed by atoms with van der Waals surface area (Å²) in [6.07, 6.45) is 1.43. The van der Waals surface area contributed by atoms with E-state index < -0.39 is 0 Å². The number of nitrogens with zero attached hydrogens (tertiary/aromatic N) is 2. The molecule has 0 atom stereocenters. The minimum absolute atomic E-state index is 0.148. The van der Waals surface area contributed by atoms with Crippen LogP contribution in [0.2, 0.25) is 0 Å². The number of carbonyl (C=O) groups is 1. The Morgan fingerprint density at radius 1 is 1.67 bits per heavy atom. The summed E-state index contributed by atoms with van der Waals surface area (Å²) in [7, 11) is 0. The Morgan fingerprint density at radius 3 is 3.00 bits per heavy atom. The Labute approximate surface area is 69.4 Å². The molecule has 0 aliphatic heterocycles. The van der Waals surface area contributed by atoms with Crippen molar-refractivity contribution in [2.24, 2.45) is 0 Å². The average Bonchev–Trinajstić information content (AvgIpc) is 2.15. The Kier molecular flexibility index (Phi) is 2.79. The van der Waals surface area contributed by atoms with Crippen molar-refractivity contribution in [2.45, 2.75) is 6.61 Å². The molecule has 0 saturated carbocycles. The maximum absolute atomic E-state index is 9.80. The molecule has 1 rings (SSSR count). The summed E-state index contributed by atoms with van der Waals surface area (Å²) in [5, 5.41) is 8.43. The first-order chi connectivity index (χ1) is 5.86. The van der Waals surface area contributed by atoms with E-state index >= 15 is 0 Å². The highest BCUT2D eigenvalue weighted by Gasteiger charge is 1.94. The Bertz CT molecular complexity index is 300. The van der Waals surface area contributed by atoms with Gasteiger partial charge in [-0.25, -0.2) is 0 Å². The molecule has 0 aromatic carbocycles. The maximum atomic E-state index is 9.80. The van der Waals surface area contributed by atoms with Crippen LogP contribution in [0.1, 0.15) is 11.3 Å². The van der Waals surface area contributed by atoms with Crippen LogP contribution in [0, 0.1) is 11.3 Å². The molecule has 0 unspecified atom stereocenters. The number of hydrogen-bond donors (Lipinski definition) is 0. The summed E-state index contributed by atoms with van der Waals surface area (Å²) in [6.45, 7) is 0.509. The fourth-order valence-corrected chi connectivity index (χ4v) is 0.695. The van der Waals surface area contributed by atoms with Gasteiger partial charge in [-0.1, -0.05) is 0 Å². The topological polar surface area (TPSA) is 63.0 Å². The quantitative estimate of drug-likeness (QED) is 0.611. The summed E-state index contributed by atoms with van der Waals surface area (Å²) in [4.78, 5) is 13.7. The zero-order valence-corrected chi connectivity index (χ0v) is 6.23. The molecule has 1 aromatic heterocycles. The van der Waals surface area contributed by atoms with Crippen LogP contribution in [0.3, 0.4) is 0 Å². The number of hydrogen-bond acceptors (Lipinski definition) is 4. The molecule has 0 aliphatic rings. The van der Waals surface area contributed by atoms with Gasteiger partial charge in [0.2, 0.25) is 0 Å². The van der Waals surface area contributed by atoms with Crippen molar-refractivity contribution in [3.05, 3.63) is 29.6 Å². The first-order valence-electron chi connectivity index (χ1n) is 3.27. The molecule has 0 amide bonds. The van der Waals surface area contributed by atoms with E-state index in [9.17, 15) is 4.79 Å². The number of pyridine rings is 1. The van der Waals surface area contributed by atoms with Gasteiger partial charge in [0.15, 0.2) is 0 Å². The van der Waals surface area contributed by atoms with E-state index in [1.165, 1.54) is 6.20 Å². The fourth-order valence-electron chi connectivity index (χ4n) is 0.695. The van der Waals surface area contributed by atoms with Crippen LogP contribution in [0.4, 0.5) is 0 Å². The number of ether oxygens (including phenoxy) is 1. The van der Waals surface area contributed by atoms with Crippen molar-refractivity contribution in [2.75, 3.05) is 0 Å². The molecule has 0 spiro atoms. The molecular weight excluding hydrogens is 156 g/mol. The van der Waals surface area contributed by atoms with E-state index in [0.29, 0.717) is 17.7 Å². The average molecular weight is 162 g/mol. The minimum atomic E-state index is 0.148. The van der Waals surface area contributed by atoms with E-state index in [0.717, 1.165) is 0 Å². The number of nitriles is 1. The van der Waals surface area contributed by atoms with Crippen molar-refractivity contribution in [1.82, 2.24) is 4.98 Å². The molecule has 1 heterocycles. The summed E-state index contributed by atoms with van der Waals surface area (Å²) in [6, 6.07) is 5.20. The Hall–Kier alpha value is -1.89. The number of rotatable bonds is 3. The van der Waals surface area contributed by atoms with Crippen LogP contribution >= 0.6 is 0 Å². The normalized spacial score (nSPS) is 8.58. The van der Waals surface area contributed by atoms with Crippen molar-refractivity contribution in [3.63, 3.8) is 0 Å². The molecule has 0 fully saturated rings. The van der Waals surface area contributed by atoms with Crippen LogP contribution in [-0.4, -0.2) is 11.5 Å². The third kappa shape index (κ3) is 2.06. The van der Waals surface area contributed by atoms with E-state index in [-0.39, 0.29) is 6.61 Å². The lowest BCUT2D eigenvalue weighted by atomic mass is 10.3. The molecule has 4 nitrogen and oxygen atoms in total. The van der Waals surface area contributed by atoms with Gasteiger partial charge < -0.3 is 4.74 Å². The monoisotopic (exact) mass is 162 g/mol. The molecular formula is C8H6N2O2. The largest absolute Gasteiger partial charge is 0.461 e. The Morgan fingerprint density at radius 2 is 2.50 bits per heavy atom. The maximum Gasteiger partial charge on any atom is 0.293 e. The van der Waals surface area contributed by atoms with Crippen LogP contribution < -0.4 is 0 Å². The van der Waals surface area contributed by atoms with Crippen LogP contribution in [-0.2, 0) is 16.1 Å². The zero-order valence-electron chi connectivity index (χ0n) is 6.23. The lowest BCUT2D eigenvalue weighted by Gasteiger charge is -1.96. The number of carbonyl (C=O) groups excluding carboxylic acids is 1. The molecule has 0 saturated heterocycles. The van der Waals surface area contributed by atoms with Gasteiger partial charge in [0.05, 0.1) is 11.3 Å². The second kappa shape index (κ2) is 4.09. The first-order valence-corrected chi connectivity index (χ1v) is 3.27. The van der Waals surface area contributed by atoms with Crippen molar-refractivity contribution < 1.29 is 9.53 Å². The van der Waals surface area contributed by atoms with Gasteiger partial charge in [-0.15, -0.1) is 0 Å². The Balaban J connectivity index is 2.66. The summed E-state index contributed by atoms with van der Waals surface area (Å²) >= 11 is 0. The summed E-state index contributed by atoms with van der Waals surface area (Å²) in [5.74, 6) is 0. The third-order valence-corrected chi connectivity index (χ3v) is 1.25. The lowest BCUT2D eigenvalue weighted by Crippen LogP contribution is -1.93. The molecule has 60 valence electrons. The van der Waals surface area contributed by atoms with Gasteiger partial charge in [-0.2, -0.15) is 5.26 Å². The second-order valence-corrected chi connectivity index (χ2v) is 2.06. The summed E-state index contributed by atoms with van der Waals surface area (Å²) in [5.41, 5.74) is 1.12. The fraction of sp³-hybridized carbons (Fsp3) is 0.125. The van der Waals surface area contributed by atoms with E-state index in [1.54, 1.807) is 12.1 Å². The van der Waals surface area contributed by atoms with Gasteiger partial charge in [0.1, 0.15) is 12.7 Å². The van der Waals surface area contributed by atoms with Crippen molar-refractivity contribution in [1.29, 1.82) is 5.26 Å². The van der Waals surface area contributed by atoms with Crippen LogP contribution in [0.25, 0.3) is 0 Å². The first kappa shape index (κ1) is 8.21. The SMILES string of the molecule is N#Cc1ccc(COC=O)nc1. The number of aromatic nitrogens is 1. The van der Waals surface area contributed by atoms with Crippen LogP contribution in [0.15, 0.2) is 18.3 Å². The van der Waals surface area contributed by atoms with Gasteiger partial charge in [-0.3, -0.25) is 9.78 Å². The molecule has 12 heavy (non-hydrogen) atoms. The minimum Gasteiger partial charge on any atom is -0.461 e. The van der Waals surface area contributed by atoms with Gasteiger partial charge >= 0.3 is 0 Å². The smallest absolute Gasteiger partial charge is 0.293 e. The van der Waals surface area contributed by atoms with E-state index in [1.807, 2.05) is 6.07 Å². The molecule has 0 radical (unpaired) electrons. The van der Waals surface area contributed by atoms with Crippen molar-refractivity contribution >= 4 is 6.47 Å². The van der Waals surface area contributed by atoms with E-state index in [4.69, 9.17) is 5.26 Å². The standard InChI is InChI=1S/C8H6N2O2/c9-3-7-1-2-8(10-4-7)5-12-6-11/h1-2,4,6H,5H2. The molecule has 0 bridgehead atoms. The highest BCUT2D eigenvalue weighted by molar-refractivity contribution is 5.37. The van der Waals surface area contributed by atoms with E-state index in [2.05, 4.69) is 9.72 Å². The summed E-state index contributed by atoms with van der Waals surface area (Å²) < 4.78 is 4.47. The van der Waals surface area contributed by atoms with Gasteiger partial charge in [0, 0.05) is 6.20 Å². The molecule has 1 aromatic rings. The van der Waals surface area contributed by atoms with Crippen LogP contribution in [0.5, 0.6) is 0 Å². The highest BCUT2D eigenvalue weighted by atomic mass is 16.5. The van der Waals surface area contributed by atoms with Gasteiger partial charge in [0.25, 0.3) is 6.47 Å². The molecule has 4 heteroatoms. The zero-order chi connectivity index (χ0) is 8.81. The molecule has 0 aliphatic carbocycles. The molecule has 0 N–H and O–H groups in total. The predicted octanol–water partition coefficient (Wildman–Crippen LogP) is 0.626. The van der Waals surface area contributed by atoms with Gasteiger partial charge in [-0.05, 0) is 12.1 Å². The predicted molar refractivity (Wildman–Crippen MR) is 39.8 cm³/mol. The highest BCUT2D eigenvalue weighted by Crippen LogP contribution is 1.99.